The van der Waals surface area contributed by atoms with Gasteiger partial charge in [0.05, 0.1) is 17.0 Å². The Hall–Kier alpha value is -3.38. The van der Waals surface area contributed by atoms with Crippen molar-refractivity contribution < 1.29 is 22.1 Å². The third-order valence-corrected chi connectivity index (χ3v) is 6.23. The fourth-order valence-electron chi connectivity index (χ4n) is 2.88. The quantitative estimate of drug-likeness (QED) is 0.549. The van der Waals surface area contributed by atoms with Gasteiger partial charge in [-0.05, 0) is 25.1 Å². The molecule has 12 heteroatoms. The number of hydrogen-bond acceptors (Lipinski definition) is 6. The fraction of sp³-hybridized carbons (Fsp3) is 0.100. The van der Waals surface area contributed by atoms with Crippen LogP contribution in [0.4, 0.5) is 10.1 Å². The van der Waals surface area contributed by atoms with Crippen molar-refractivity contribution in [2.24, 2.45) is 4.40 Å². The number of anilines is 1. The molecule has 0 spiro atoms. The zero-order chi connectivity index (χ0) is 22.9. The predicted octanol–water partition coefficient (Wildman–Crippen LogP) is 3.64. The molecule has 1 aliphatic heterocycles. The molecule has 164 valence electrons. The van der Waals surface area contributed by atoms with E-state index in [0.29, 0.717) is 15.9 Å². The summed E-state index contributed by atoms with van der Waals surface area (Å²) in [6.07, 6.45) is 1.19. The van der Waals surface area contributed by atoms with E-state index in [-0.39, 0.29) is 22.9 Å². The first-order valence-corrected chi connectivity index (χ1v) is 11.4. The van der Waals surface area contributed by atoms with Gasteiger partial charge in [0, 0.05) is 16.2 Å². The molecule has 0 unspecified atom stereocenters. The molecule has 1 aromatic heterocycles. The lowest BCUT2D eigenvalue weighted by molar-refractivity contribution is -0.116. The molecule has 9 nitrogen and oxygen atoms in total. The van der Waals surface area contributed by atoms with Crippen molar-refractivity contribution in [3.05, 3.63) is 70.9 Å². The first kappa shape index (κ1) is 21.8. The van der Waals surface area contributed by atoms with Gasteiger partial charge in [-0.2, -0.15) is 13.4 Å². The van der Waals surface area contributed by atoms with E-state index in [1.54, 1.807) is 18.2 Å². The summed E-state index contributed by atoms with van der Waals surface area (Å²) in [6, 6.07) is 13.2. The van der Waals surface area contributed by atoms with Crippen molar-refractivity contribution >= 4 is 49.0 Å². The number of nitrogens with one attached hydrogen (secondary N) is 1. The minimum atomic E-state index is -4.17. The topological polar surface area (TPSA) is 118 Å². The molecular formula is C20H15BrFN5O4S. The van der Waals surface area contributed by atoms with Gasteiger partial charge in [0.25, 0.3) is 5.89 Å². The maximum absolute atomic E-state index is 14.0. The molecule has 1 aliphatic rings. The molecule has 2 aromatic carbocycles. The largest absolute Gasteiger partial charge is 0.344 e. The van der Waals surface area contributed by atoms with E-state index in [4.69, 9.17) is 4.52 Å². The Bertz CT molecular complexity index is 1360. The van der Waals surface area contributed by atoms with E-state index in [2.05, 4.69) is 35.8 Å². The maximum atomic E-state index is 14.0. The maximum Gasteiger partial charge on any atom is 0.344 e. The zero-order valence-electron chi connectivity index (χ0n) is 16.5. The average molecular weight is 520 g/mol. The summed E-state index contributed by atoms with van der Waals surface area (Å²) in [7, 11) is -4.17. The lowest BCUT2D eigenvalue weighted by Gasteiger charge is -2.22. The van der Waals surface area contributed by atoms with Gasteiger partial charge in [0.15, 0.2) is 0 Å². The molecule has 3 aromatic rings. The summed E-state index contributed by atoms with van der Waals surface area (Å²) < 4.78 is 49.1. The fourth-order valence-corrected chi connectivity index (χ4v) is 4.28. The highest BCUT2D eigenvalue weighted by molar-refractivity contribution is 9.10. The molecule has 0 saturated heterocycles. The molecule has 32 heavy (non-hydrogen) atoms. The van der Waals surface area contributed by atoms with Gasteiger partial charge in [-0.15, -0.1) is 4.40 Å². The van der Waals surface area contributed by atoms with Crippen LogP contribution in [0, 0.1) is 5.82 Å². The lowest BCUT2D eigenvalue weighted by atomic mass is 10.2. The summed E-state index contributed by atoms with van der Waals surface area (Å²) in [5.74, 6) is -1.06. The number of hydrogen-bond donors (Lipinski definition) is 1. The van der Waals surface area contributed by atoms with Crippen LogP contribution >= 0.6 is 15.9 Å². The van der Waals surface area contributed by atoms with Crippen molar-refractivity contribution in [2.75, 3.05) is 11.9 Å². The third-order valence-electron chi connectivity index (χ3n) is 4.40. The SMILES string of the molecule is CC1=NS(=O)(=O)N(CC(=O)Nc2ccc(Br)cc2F)C=C1c1nc(-c2ccccc2)no1. The van der Waals surface area contributed by atoms with Crippen molar-refractivity contribution in [3.63, 3.8) is 0 Å². The number of halogens is 2. The van der Waals surface area contributed by atoms with E-state index in [0.717, 1.165) is 4.31 Å². The van der Waals surface area contributed by atoms with Gasteiger partial charge >= 0.3 is 10.2 Å². The zero-order valence-corrected chi connectivity index (χ0v) is 18.9. The number of rotatable bonds is 5. The number of nitrogens with zero attached hydrogens (tertiary/aromatic N) is 4. The Morgan fingerprint density at radius 3 is 2.69 bits per heavy atom. The summed E-state index contributed by atoms with van der Waals surface area (Å²) in [4.78, 5) is 16.7. The van der Waals surface area contributed by atoms with E-state index in [9.17, 15) is 17.6 Å². The first-order chi connectivity index (χ1) is 15.2. The van der Waals surface area contributed by atoms with E-state index >= 15 is 0 Å². The number of aromatic nitrogens is 2. The second kappa shape index (κ2) is 8.63. The van der Waals surface area contributed by atoms with Crippen LogP contribution in [0.5, 0.6) is 0 Å². The lowest BCUT2D eigenvalue weighted by Crippen LogP contribution is -2.36. The van der Waals surface area contributed by atoms with Crippen LogP contribution in [0.1, 0.15) is 12.8 Å². The van der Waals surface area contributed by atoms with Crippen LogP contribution in [0.25, 0.3) is 17.0 Å². The molecule has 2 heterocycles. The number of carbonyl (C=O) groups excluding carboxylic acids is 1. The van der Waals surface area contributed by atoms with Crippen LogP contribution in [-0.4, -0.2) is 41.0 Å². The van der Waals surface area contributed by atoms with Gasteiger partial charge in [-0.1, -0.05) is 51.4 Å². The third kappa shape index (κ3) is 4.60. The second-order valence-corrected chi connectivity index (χ2v) is 9.17. The van der Waals surface area contributed by atoms with Crippen molar-refractivity contribution in [1.29, 1.82) is 0 Å². The minimum Gasteiger partial charge on any atom is -0.333 e. The highest BCUT2D eigenvalue weighted by Crippen LogP contribution is 2.26. The van der Waals surface area contributed by atoms with Crippen LogP contribution in [0.2, 0.25) is 0 Å². The van der Waals surface area contributed by atoms with Crippen LogP contribution in [0.15, 0.2) is 68.1 Å². The number of allylic oxidation sites excluding steroid dienone is 1. The molecule has 1 amide bonds. The van der Waals surface area contributed by atoms with Crippen molar-refractivity contribution in [1.82, 2.24) is 14.4 Å². The number of amides is 1. The van der Waals surface area contributed by atoms with Crippen LogP contribution < -0.4 is 5.32 Å². The Morgan fingerprint density at radius 1 is 1.22 bits per heavy atom. The summed E-state index contributed by atoms with van der Waals surface area (Å²) in [5.41, 5.74) is 1.01. The molecule has 0 radical (unpaired) electrons. The molecular weight excluding hydrogens is 505 g/mol. The molecule has 1 N–H and O–H groups in total. The number of carbonyl (C=O) groups is 1. The van der Waals surface area contributed by atoms with E-state index in [1.807, 2.05) is 18.2 Å². The Balaban J connectivity index is 1.58. The standard InChI is InChI=1S/C20H15BrFN5O4S/c1-12-15(20-24-19(25-31-20)13-5-3-2-4-6-13)10-27(32(29,30)26-12)11-18(28)23-17-8-7-14(21)9-16(17)22/h2-10H,11H2,1H3,(H,23,28). The highest BCUT2D eigenvalue weighted by Gasteiger charge is 2.30. The van der Waals surface area contributed by atoms with Crippen molar-refractivity contribution in [2.45, 2.75) is 6.92 Å². The molecule has 0 atom stereocenters. The Labute approximate surface area is 191 Å². The second-order valence-electron chi connectivity index (χ2n) is 6.70. The summed E-state index contributed by atoms with van der Waals surface area (Å²) in [6.45, 7) is 0.849. The van der Waals surface area contributed by atoms with Crippen molar-refractivity contribution in [3.8, 4) is 11.4 Å². The van der Waals surface area contributed by atoms with E-state index in [1.165, 1.54) is 25.3 Å². The van der Waals surface area contributed by atoms with Gasteiger partial charge in [-0.25, -0.2) is 8.70 Å². The van der Waals surface area contributed by atoms with Crippen LogP contribution in [0.3, 0.4) is 0 Å². The summed E-state index contributed by atoms with van der Waals surface area (Å²) >= 11 is 3.13. The molecule has 0 fully saturated rings. The normalized spacial score (nSPS) is 15.2. The Morgan fingerprint density at radius 2 is 1.97 bits per heavy atom. The first-order valence-electron chi connectivity index (χ1n) is 9.18. The molecule has 0 aliphatic carbocycles. The highest BCUT2D eigenvalue weighted by atomic mass is 79.9. The van der Waals surface area contributed by atoms with Gasteiger partial charge in [-0.3, -0.25) is 4.79 Å². The van der Waals surface area contributed by atoms with Gasteiger partial charge < -0.3 is 9.84 Å². The van der Waals surface area contributed by atoms with Crippen LogP contribution in [-0.2, 0) is 15.0 Å². The smallest absolute Gasteiger partial charge is 0.333 e. The number of benzene rings is 2. The summed E-state index contributed by atoms with van der Waals surface area (Å²) in [5, 5.41) is 6.26. The Kier molecular flexibility index (Phi) is 5.89. The molecule has 0 saturated carbocycles. The van der Waals surface area contributed by atoms with Gasteiger partial charge in [0.1, 0.15) is 12.4 Å². The average Bonchev–Trinajstić information content (AvgIpc) is 3.22. The molecule has 0 bridgehead atoms. The van der Waals surface area contributed by atoms with Gasteiger partial charge in [0.2, 0.25) is 11.7 Å². The molecule has 4 rings (SSSR count). The van der Waals surface area contributed by atoms with E-state index < -0.39 is 28.5 Å². The monoisotopic (exact) mass is 519 g/mol. The predicted molar refractivity (Wildman–Crippen MR) is 119 cm³/mol. The minimum absolute atomic E-state index is 0.0457.